The van der Waals surface area contributed by atoms with Gasteiger partial charge in [0.25, 0.3) is 4.92 Å². The highest BCUT2D eigenvalue weighted by Gasteiger charge is 2.59. The number of ether oxygens (including phenoxy) is 3. The molecular formula is C60H90N5O10+. The average molecular weight is 1040 g/mol. The monoisotopic (exact) mass is 1040 g/mol. The molecular weight excluding hydrogens is 951 g/mol. The molecule has 15 heteroatoms. The number of fused-ring (bicyclic) bond motifs is 5. The molecule has 15 nitrogen and oxygen atoms in total. The second-order valence-electron chi connectivity index (χ2n) is 24.3. The Kier molecular flexibility index (Phi) is 21.3. The van der Waals surface area contributed by atoms with Crippen LogP contribution in [0.3, 0.4) is 0 Å². The summed E-state index contributed by atoms with van der Waals surface area (Å²) in [5.74, 6) is 3.57. The van der Waals surface area contributed by atoms with Crippen molar-refractivity contribution in [2.45, 2.75) is 190 Å². The van der Waals surface area contributed by atoms with Crippen LogP contribution in [0.15, 0.2) is 60.2 Å². The molecule has 4 aliphatic rings. The minimum absolute atomic E-state index is 0.0183. The molecule has 414 valence electrons. The van der Waals surface area contributed by atoms with Crippen LogP contribution in [0.1, 0.15) is 171 Å². The quantitative estimate of drug-likeness (QED) is 0.0198. The molecule has 4 aliphatic carbocycles. The van der Waals surface area contributed by atoms with Crippen molar-refractivity contribution in [1.29, 1.82) is 0 Å². The smallest absolute Gasteiger partial charge is 0.429 e. The maximum atomic E-state index is 13.7. The number of hydrogen-bond donors (Lipinski definition) is 5. The average Bonchev–Trinajstić information content (AvgIpc) is 3.72. The summed E-state index contributed by atoms with van der Waals surface area (Å²) in [6, 6.07) is 10.0. The van der Waals surface area contributed by atoms with Gasteiger partial charge in [-0.15, -0.1) is 0 Å². The zero-order valence-electron chi connectivity index (χ0n) is 46.6. The zero-order valence-corrected chi connectivity index (χ0v) is 46.6. The lowest BCUT2D eigenvalue weighted by Gasteiger charge is -2.58. The van der Waals surface area contributed by atoms with E-state index >= 15 is 0 Å². The topological polar surface area (TPSA) is 201 Å². The highest BCUT2D eigenvalue weighted by molar-refractivity contribution is 5.98. The number of anilines is 1. The van der Waals surface area contributed by atoms with Gasteiger partial charge < -0.3 is 35.5 Å². The molecule has 0 bridgehead atoms. The Hall–Kier alpha value is -5.31. The number of benzene rings is 2. The van der Waals surface area contributed by atoms with E-state index in [2.05, 4.69) is 62.0 Å². The maximum Gasteiger partial charge on any atom is 0.514 e. The summed E-state index contributed by atoms with van der Waals surface area (Å²) < 4.78 is 16.7. The molecule has 5 N–H and O–H groups in total. The van der Waals surface area contributed by atoms with Crippen molar-refractivity contribution in [3.8, 4) is 5.75 Å². The third-order valence-corrected chi connectivity index (χ3v) is 17.4. The van der Waals surface area contributed by atoms with Crippen LogP contribution in [0.4, 0.5) is 16.2 Å². The normalized spacial score (nSPS) is 25.2. The molecule has 0 spiro atoms. The van der Waals surface area contributed by atoms with E-state index in [-0.39, 0.29) is 65.1 Å². The van der Waals surface area contributed by atoms with Crippen molar-refractivity contribution in [2.24, 2.45) is 58.2 Å². The molecule has 3 fully saturated rings. The highest BCUT2D eigenvalue weighted by atomic mass is 16.7. The molecule has 2 aromatic carbocycles. The van der Waals surface area contributed by atoms with E-state index < -0.39 is 36.0 Å². The first kappa shape index (κ1) is 58.9. The molecule has 3 saturated carbocycles. The number of carbonyl (C=O) groups excluding carboxylic acids is 5. The fraction of sp³-hybridized carbons (Fsp3) is 0.683. The lowest BCUT2D eigenvalue weighted by atomic mass is 9.47. The zero-order chi connectivity index (χ0) is 54.5. The molecule has 3 unspecified atom stereocenters. The second kappa shape index (κ2) is 27.1. The molecule has 2 aromatic rings. The predicted octanol–water partition coefficient (Wildman–Crippen LogP) is 11.9. The van der Waals surface area contributed by atoms with Gasteiger partial charge in [-0.3, -0.25) is 19.2 Å². The van der Waals surface area contributed by atoms with Crippen LogP contribution < -0.4 is 26.0 Å². The molecule has 0 aliphatic heterocycles. The van der Waals surface area contributed by atoms with Gasteiger partial charge in [0.15, 0.2) is 0 Å². The Morgan fingerprint density at radius 2 is 1.43 bits per heavy atom. The summed E-state index contributed by atoms with van der Waals surface area (Å²) in [4.78, 5) is 76.2. The Balaban J connectivity index is 0.885. The van der Waals surface area contributed by atoms with Crippen LogP contribution in [0, 0.1) is 63.1 Å². The Labute approximate surface area is 446 Å². The largest absolute Gasteiger partial charge is 0.514 e. The van der Waals surface area contributed by atoms with Crippen molar-refractivity contribution in [1.82, 2.24) is 16.0 Å². The van der Waals surface area contributed by atoms with Gasteiger partial charge in [-0.2, -0.15) is 0 Å². The number of rotatable bonds is 26. The lowest BCUT2D eigenvalue weighted by Crippen LogP contribution is -2.53. The van der Waals surface area contributed by atoms with E-state index in [1.807, 2.05) is 27.7 Å². The maximum absolute atomic E-state index is 13.7. The molecule has 10 atom stereocenters. The summed E-state index contributed by atoms with van der Waals surface area (Å²) in [5, 5.41) is 20.4. The third kappa shape index (κ3) is 16.4. The van der Waals surface area contributed by atoms with Crippen LogP contribution in [0.2, 0.25) is 0 Å². The van der Waals surface area contributed by atoms with Crippen LogP contribution in [-0.2, 0) is 35.3 Å². The van der Waals surface area contributed by atoms with Gasteiger partial charge in [0.2, 0.25) is 23.6 Å². The number of nitrogens with zero attached hydrogens (tertiary/aromatic N) is 1. The summed E-state index contributed by atoms with van der Waals surface area (Å²) in [7, 11) is 0. The fourth-order valence-electron chi connectivity index (χ4n) is 13.4. The van der Waals surface area contributed by atoms with Gasteiger partial charge in [-0.05, 0) is 159 Å². The van der Waals surface area contributed by atoms with Gasteiger partial charge >= 0.3 is 11.8 Å². The van der Waals surface area contributed by atoms with Crippen molar-refractivity contribution < 1.29 is 48.3 Å². The Morgan fingerprint density at radius 3 is 2.09 bits per heavy atom. The number of nitrogens with one attached hydrogen (secondary N) is 4. The predicted molar refractivity (Wildman–Crippen MR) is 290 cm³/mol. The van der Waals surface area contributed by atoms with E-state index in [4.69, 9.17) is 19.4 Å². The standard InChI is InChI=1S/C60H89N5O10/c1-38(2)12-10-13-41(7)49-24-25-50-48-23-16-43-36-47(28-30-59(43,8)51(48)29-31-60(49,50)9)73-33-11-32-61-54(66)26-27-55(67)63-52(34-39(3)4)57(69)64-53(35-40(5)6)56(68)62-44-17-14-42(15-18-44)37-74-58(70)75-46-21-19-45(20-22-46)65(71)72/h14-22,38-41,47-53H,10-13,23-37H2,1-9H3,(H4-,61,62,63,64,66,67,68,69,71,72)/p+1/t41-,47+,48+,49?,50?,51?,52+,53+,59+,60-/m1/s1. The van der Waals surface area contributed by atoms with Gasteiger partial charge in [-0.25, -0.2) is 10.0 Å². The van der Waals surface area contributed by atoms with Gasteiger partial charge in [0, 0.05) is 43.8 Å². The summed E-state index contributed by atoms with van der Waals surface area (Å²) in [6.45, 7) is 21.2. The van der Waals surface area contributed by atoms with Crippen molar-refractivity contribution >= 4 is 41.2 Å². The minimum atomic E-state index is -0.976. The van der Waals surface area contributed by atoms with E-state index in [9.17, 15) is 28.9 Å². The van der Waals surface area contributed by atoms with Crippen LogP contribution >= 0.6 is 0 Å². The Morgan fingerprint density at radius 1 is 0.747 bits per heavy atom. The number of carbonyl (C=O) groups is 5. The number of amides is 4. The van der Waals surface area contributed by atoms with Crippen LogP contribution in [-0.4, -0.2) is 71.3 Å². The first-order chi connectivity index (χ1) is 35.6. The van der Waals surface area contributed by atoms with Crippen molar-refractivity contribution in [3.63, 3.8) is 0 Å². The molecule has 0 heterocycles. The molecule has 6 rings (SSSR count). The number of allylic oxidation sites excluding steroid dienone is 1. The Bertz CT molecular complexity index is 2280. The SMILES string of the molecule is CC(C)CCC[C@@H](C)C1CCC2[C@@H]3CC=C4C[C@@H](OCCCNC(=O)CCC(=O)N[C@@H](CC(C)C)C(=O)N[C@@H](CC(C)C)C(=O)Nc5ccc(COC(=O)Oc6ccc([N+](=O)O)cc6)cc5)CC[C@]4(C)C3CC[C@@]21C. The molecule has 4 amide bonds. The second-order valence-corrected chi connectivity index (χ2v) is 24.3. The van der Waals surface area contributed by atoms with Crippen molar-refractivity contribution in [2.75, 3.05) is 18.5 Å². The first-order valence-electron chi connectivity index (χ1n) is 28.3. The van der Waals surface area contributed by atoms with E-state index in [0.29, 0.717) is 49.1 Å². The highest BCUT2D eigenvalue weighted by Crippen LogP contribution is 2.67. The van der Waals surface area contributed by atoms with Gasteiger partial charge in [-0.1, -0.05) is 105 Å². The summed E-state index contributed by atoms with van der Waals surface area (Å²) in [6.07, 6.45) is 17.3. The van der Waals surface area contributed by atoms with E-state index in [1.54, 1.807) is 29.8 Å². The molecule has 0 radical (unpaired) electrons. The third-order valence-electron chi connectivity index (χ3n) is 17.4. The van der Waals surface area contributed by atoms with E-state index in [0.717, 1.165) is 48.3 Å². The van der Waals surface area contributed by atoms with E-state index in [1.165, 1.54) is 82.1 Å². The number of hydrogen-bond acceptors (Lipinski definition) is 9. The molecule has 75 heavy (non-hydrogen) atoms. The minimum Gasteiger partial charge on any atom is -0.429 e. The summed E-state index contributed by atoms with van der Waals surface area (Å²) >= 11 is 0. The fourth-order valence-corrected chi connectivity index (χ4v) is 13.4. The van der Waals surface area contributed by atoms with Crippen LogP contribution in [0.25, 0.3) is 0 Å². The van der Waals surface area contributed by atoms with Gasteiger partial charge in [0.1, 0.15) is 24.4 Å². The first-order valence-corrected chi connectivity index (χ1v) is 28.3. The molecule has 0 saturated heterocycles. The van der Waals surface area contributed by atoms with Gasteiger partial charge in [0.05, 0.1) is 11.0 Å². The van der Waals surface area contributed by atoms with Crippen molar-refractivity contribution in [3.05, 3.63) is 70.7 Å². The molecule has 0 aromatic heterocycles. The summed E-state index contributed by atoms with van der Waals surface area (Å²) in [5.41, 5.74) is 3.43. The van der Waals surface area contributed by atoms with Crippen LogP contribution in [0.5, 0.6) is 5.75 Å². The lowest BCUT2D eigenvalue weighted by molar-refractivity contribution is -0.729.